The van der Waals surface area contributed by atoms with Gasteiger partial charge in [0.15, 0.2) is 0 Å². The average molecular weight is 241 g/mol. The zero-order chi connectivity index (χ0) is 11.5. The van der Waals surface area contributed by atoms with Gasteiger partial charge in [0, 0.05) is 6.54 Å². The van der Waals surface area contributed by atoms with Gasteiger partial charge in [-0.15, -0.1) is 0 Å². The van der Waals surface area contributed by atoms with Gasteiger partial charge in [-0.2, -0.15) is 5.10 Å². The molecule has 16 heavy (non-hydrogen) atoms. The molecule has 3 heteroatoms. The van der Waals surface area contributed by atoms with Crippen molar-refractivity contribution in [3.63, 3.8) is 0 Å². The monoisotopic (exact) mass is 240 g/mol. The second-order valence-electron chi connectivity index (χ2n) is 4.89. The maximum absolute atomic E-state index is 6.25. The lowest BCUT2D eigenvalue weighted by Crippen LogP contribution is -2.16. The van der Waals surface area contributed by atoms with Gasteiger partial charge in [-0.25, -0.2) is 0 Å². The molecule has 1 aliphatic rings. The normalized spacial score (nSPS) is 17.9. The first-order valence-electron chi connectivity index (χ1n) is 6.44. The van der Waals surface area contributed by atoms with Crippen molar-refractivity contribution >= 4 is 11.6 Å². The molecule has 0 unspecified atom stereocenters. The molecule has 0 radical (unpaired) electrons. The van der Waals surface area contributed by atoms with E-state index in [4.69, 9.17) is 11.6 Å². The van der Waals surface area contributed by atoms with Crippen LogP contribution >= 0.6 is 11.6 Å². The van der Waals surface area contributed by atoms with Crippen molar-refractivity contribution < 1.29 is 0 Å². The van der Waals surface area contributed by atoms with Gasteiger partial charge in [0.1, 0.15) is 0 Å². The molecule has 1 heterocycles. The van der Waals surface area contributed by atoms with Gasteiger partial charge in [-0.05, 0) is 32.1 Å². The van der Waals surface area contributed by atoms with Gasteiger partial charge < -0.3 is 0 Å². The highest BCUT2D eigenvalue weighted by atomic mass is 35.5. The molecule has 0 aliphatic heterocycles. The minimum atomic E-state index is 0.814. The first-order valence-corrected chi connectivity index (χ1v) is 6.82. The number of aromatic nitrogens is 2. The van der Waals surface area contributed by atoms with Gasteiger partial charge >= 0.3 is 0 Å². The lowest BCUT2D eigenvalue weighted by molar-refractivity contribution is 0.304. The van der Waals surface area contributed by atoms with E-state index in [9.17, 15) is 0 Å². The van der Waals surface area contributed by atoms with Gasteiger partial charge in [-0.3, -0.25) is 4.68 Å². The van der Waals surface area contributed by atoms with E-state index in [1.54, 1.807) is 0 Å². The molecule has 1 aromatic rings. The molecule has 0 atom stereocenters. The van der Waals surface area contributed by atoms with Crippen molar-refractivity contribution in [2.24, 2.45) is 5.92 Å². The number of hydrogen-bond acceptors (Lipinski definition) is 1. The van der Waals surface area contributed by atoms with E-state index < -0.39 is 0 Å². The largest absolute Gasteiger partial charge is 0.268 e. The van der Waals surface area contributed by atoms with E-state index in [0.29, 0.717) is 0 Å². The molecule has 90 valence electrons. The highest BCUT2D eigenvalue weighted by Crippen LogP contribution is 2.27. The SMILES string of the molecule is CCc1c(Cl)c(C)nn1CC1CCCCC1. The molecule has 0 spiro atoms. The standard InChI is InChI=1S/C13H21ClN2/c1-3-12-13(14)10(2)15-16(12)9-11-7-5-4-6-8-11/h11H,3-9H2,1-2H3. The Morgan fingerprint density at radius 1 is 1.31 bits per heavy atom. The van der Waals surface area contributed by atoms with E-state index in [-0.39, 0.29) is 0 Å². The first-order chi connectivity index (χ1) is 7.72. The Morgan fingerprint density at radius 2 is 2.00 bits per heavy atom. The highest BCUT2D eigenvalue weighted by molar-refractivity contribution is 6.31. The Hall–Kier alpha value is -0.500. The molecule has 0 amide bonds. The van der Waals surface area contributed by atoms with Crippen LogP contribution in [0.1, 0.15) is 50.4 Å². The number of aryl methyl sites for hydroxylation is 1. The van der Waals surface area contributed by atoms with Gasteiger partial charge in [-0.1, -0.05) is 37.8 Å². The van der Waals surface area contributed by atoms with Crippen molar-refractivity contribution in [3.05, 3.63) is 16.4 Å². The molecule has 2 nitrogen and oxygen atoms in total. The quantitative estimate of drug-likeness (QED) is 0.781. The Labute approximate surface area is 103 Å². The summed E-state index contributed by atoms with van der Waals surface area (Å²) < 4.78 is 2.15. The van der Waals surface area contributed by atoms with Crippen LogP contribution in [0.15, 0.2) is 0 Å². The fraction of sp³-hybridized carbons (Fsp3) is 0.769. The number of hydrogen-bond donors (Lipinski definition) is 0. The van der Waals surface area contributed by atoms with Crippen molar-refractivity contribution in [2.75, 3.05) is 0 Å². The average Bonchev–Trinajstić information content (AvgIpc) is 2.56. The van der Waals surface area contributed by atoms with Crippen LogP contribution in [0.2, 0.25) is 5.02 Å². The third-order valence-corrected chi connectivity index (χ3v) is 4.14. The maximum atomic E-state index is 6.25. The molecule has 1 saturated carbocycles. The van der Waals surface area contributed by atoms with Crippen molar-refractivity contribution in [3.8, 4) is 0 Å². The highest BCUT2D eigenvalue weighted by Gasteiger charge is 2.18. The summed E-state index contributed by atoms with van der Waals surface area (Å²) in [5.74, 6) is 0.814. The lowest BCUT2D eigenvalue weighted by atomic mass is 9.89. The van der Waals surface area contributed by atoms with Crippen LogP contribution in [-0.2, 0) is 13.0 Å². The van der Waals surface area contributed by atoms with E-state index in [1.807, 2.05) is 6.92 Å². The molecule has 1 aliphatic carbocycles. The summed E-state index contributed by atoms with van der Waals surface area (Å²) in [6, 6.07) is 0. The van der Waals surface area contributed by atoms with E-state index in [2.05, 4.69) is 16.7 Å². The number of halogens is 1. The molecular formula is C13H21ClN2. The van der Waals surface area contributed by atoms with Crippen LogP contribution in [0.4, 0.5) is 0 Å². The van der Waals surface area contributed by atoms with Crippen LogP contribution < -0.4 is 0 Å². The van der Waals surface area contributed by atoms with Crippen molar-refractivity contribution in [1.82, 2.24) is 9.78 Å². The predicted molar refractivity (Wildman–Crippen MR) is 67.9 cm³/mol. The molecule has 1 aromatic heterocycles. The van der Waals surface area contributed by atoms with Crippen molar-refractivity contribution in [2.45, 2.75) is 58.9 Å². The van der Waals surface area contributed by atoms with Crippen LogP contribution in [0.25, 0.3) is 0 Å². The van der Waals surface area contributed by atoms with E-state index in [1.165, 1.54) is 37.8 Å². The summed E-state index contributed by atoms with van der Waals surface area (Å²) in [4.78, 5) is 0. The summed E-state index contributed by atoms with van der Waals surface area (Å²) in [6.07, 6.45) is 7.89. The van der Waals surface area contributed by atoms with Gasteiger partial charge in [0.25, 0.3) is 0 Å². The molecule has 0 bridgehead atoms. The summed E-state index contributed by atoms with van der Waals surface area (Å²) in [6.45, 7) is 5.22. The number of nitrogens with zero attached hydrogens (tertiary/aromatic N) is 2. The zero-order valence-electron chi connectivity index (χ0n) is 10.3. The van der Waals surface area contributed by atoms with Crippen LogP contribution in [0.3, 0.4) is 0 Å². The predicted octanol–water partition coefficient (Wildman–Crippen LogP) is 3.99. The van der Waals surface area contributed by atoms with Crippen LogP contribution in [0, 0.1) is 12.8 Å². The molecule has 1 fully saturated rings. The second-order valence-corrected chi connectivity index (χ2v) is 5.26. The van der Waals surface area contributed by atoms with E-state index in [0.717, 1.165) is 29.6 Å². The Morgan fingerprint density at radius 3 is 2.62 bits per heavy atom. The van der Waals surface area contributed by atoms with Gasteiger partial charge in [0.2, 0.25) is 0 Å². The van der Waals surface area contributed by atoms with Crippen LogP contribution in [-0.4, -0.2) is 9.78 Å². The maximum Gasteiger partial charge on any atom is 0.0846 e. The van der Waals surface area contributed by atoms with Crippen molar-refractivity contribution in [1.29, 1.82) is 0 Å². The third-order valence-electron chi connectivity index (χ3n) is 3.64. The summed E-state index contributed by atoms with van der Waals surface area (Å²) in [5, 5.41) is 5.43. The summed E-state index contributed by atoms with van der Waals surface area (Å²) in [5.41, 5.74) is 2.19. The minimum absolute atomic E-state index is 0.814. The number of rotatable bonds is 3. The van der Waals surface area contributed by atoms with Gasteiger partial charge in [0.05, 0.1) is 16.4 Å². The molecule has 2 rings (SSSR count). The fourth-order valence-electron chi connectivity index (χ4n) is 2.71. The topological polar surface area (TPSA) is 17.8 Å². The summed E-state index contributed by atoms with van der Waals surface area (Å²) >= 11 is 6.25. The Bertz CT molecular complexity index is 351. The lowest BCUT2D eigenvalue weighted by Gasteiger charge is -2.22. The first kappa shape index (κ1) is 12.0. The third kappa shape index (κ3) is 2.42. The Balaban J connectivity index is 2.10. The molecule has 0 N–H and O–H groups in total. The summed E-state index contributed by atoms with van der Waals surface area (Å²) in [7, 11) is 0. The van der Waals surface area contributed by atoms with E-state index >= 15 is 0 Å². The second kappa shape index (κ2) is 5.22. The fourth-order valence-corrected chi connectivity index (χ4v) is 2.98. The van der Waals surface area contributed by atoms with Crippen LogP contribution in [0.5, 0.6) is 0 Å². The minimum Gasteiger partial charge on any atom is -0.268 e. The molecular weight excluding hydrogens is 220 g/mol. The zero-order valence-corrected chi connectivity index (χ0v) is 11.1. The smallest absolute Gasteiger partial charge is 0.0846 e. The molecule has 0 aromatic carbocycles. The molecule has 0 saturated heterocycles. The Kier molecular flexibility index (Phi) is 3.91.